The first kappa shape index (κ1) is 12.1. The van der Waals surface area contributed by atoms with Crippen LogP contribution in [-0.2, 0) is 6.42 Å². The number of benzene rings is 1. The second kappa shape index (κ2) is 4.69. The Morgan fingerprint density at radius 3 is 3.14 bits per heavy atom. The number of aromatic nitrogens is 5. The fourth-order valence-electron chi connectivity index (χ4n) is 2.87. The number of rotatable bonds is 3. The van der Waals surface area contributed by atoms with Crippen LogP contribution in [0, 0.1) is 0 Å². The van der Waals surface area contributed by atoms with Gasteiger partial charge in [-0.15, -0.1) is 14.8 Å². The van der Waals surface area contributed by atoms with Gasteiger partial charge in [0.1, 0.15) is 11.6 Å². The van der Waals surface area contributed by atoms with Crippen molar-refractivity contribution in [2.24, 2.45) is 0 Å². The minimum atomic E-state index is 0.233. The van der Waals surface area contributed by atoms with Crippen LogP contribution in [-0.4, -0.2) is 32.4 Å². The third-order valence-electron chi connectivity index (χ3n) is 3.84. The highest BCUT2D eigenvalue weighted by atomic mass is 16.5. The van der Waals surface area contributed by atoms with Crippen LogP contribution in [0.1, 0.15) is 23.6 Å². The summed E-state index contributed by atoms with van der Waals surface area (Å²) in [4.78, 5) is 0. The molecule has 21 heavy (non-hydrogen) atoms. The maximum Gasteiger partial charge on any atom is 0.200 e. The summed E-state index contributed by atoms with van der Waals surface area (Å²) in [5.74, 6) is 1.72. The van der Waals surface area contributed by atoms with E-state index in [0.29, 0.717) is 5.65 Å². The van der Waals surface area contributed by atoms with Crippen LogP contribution in [0.2, 0.25) is 0 Å². The van der Waals surface area contributed by atoms with E-state index in [4.69, 9.17) is 4.74 Å². The van der Waals surface area contributed by atoms with Gasteiger partial charge >= 0.3 is 0 Å². The number of hydrogen-bond donors (Lipinski definition) is 1. The number of tetrazole rings is 1. The maximum absolute atomic E-state index is 5.43. The lowest BCUT2D eigenvalue weighted by atomic mass is 10.1. The molecule has 4 rings (SSSR count). The lowest BCUT2D eigenvalue weighted by molar-refractivity contribution is 0.410. The molecule has 3 aromatic rings. The molecule has 0 spiro atoms. The normalized spacial score (nSPS) is 16.9. The third-order valence-corrected chi connectivity index (χ3v) is 3.84. The quantitative estimate of drug-likeness (QED) is 0.786. The summed E-state index contributed by atoms with van der Waals surface area (Å²) in [7, 11) is 1.71. The van der Waals surface area contributed by atoms with Gasteiger partial charge in [0.25, 0.3) is 0 Å². The second-order valence-corrected chi connectivity index (χ2v) is 5.01. The molecule has 1 aliphatic rings. The number of fused-ring (bicyclic) bond motifs is 2. The van der Waals surface area contributed by atoms with Gasteiger partial charge in [-0.25, -0.2) is 0 Å². The largest absolute Gasteiger partial charge is 0.496 e. The van der Waals surface area contributed by atoms with Crippen molar-refractivity contribution in [1.29, 1.82) is 0 Å². The second-order valence-electron chi connectivity index (χ2n) is 5.01. The Morgan fingerprint density at radius 1 is 1.29 bits per heavy atom. The molecule has 0 radical (unpaired) electrons. The van der Waals surface area contributed by atoms with Gasteiger partial charge in [0, 0.05) is 0 Å². The molecule has 0 saturated heterocycles. The van der Waals surface area contributed by atoms with Crippen LogP contribution in [0.3, 0.4) is 0 Å². The van der Waals surface area contributed by atoms with Crippen molar-refractivity contribution >= 4 is 11.5 Å². The molecule has 0 saturated carbocycles. The van der Waals surface area contributed by atoms with Crippen molar-refractivity contribution in [3.63, 3.8) is 0 Å². The van der Waals surface area contributed by atoms with E-state index in [0.717, 1.165) is 24.4 Å². The molecule has 2 aromatic heterocycles. The molecule has 1 aromatic carbocycles. The van der Waals surface area contributed by atoms with Crippen molar-refractivity contribution in [1.82, 2.24) is 25.3 Å². The van der Waals surface area contributed by atoms with Crippen LogP contribution in [0.5, 0.6) is 5.75 Å². The summed E-state index contributed by atoms with van der Waals surface area (Å²) in [5.41, 5.74) is 3.18. The molecule has 7 nitrogen and oxygen atoms in total. The van der Waals surface area contributed by atoms with E-state index in [9.17, 15) is 0 Å². The Labute approximate surface area is 120 Å². The molecule has 1 atom stereocenters. The molecule has 7 heteroatoms. The van der Waals surface area contributed by atoms with Crippen molar-refractivity contribution in [2.45, 2.75) is 18.9 Å². The van der Waals surface area contributed by atoms with Crippen LogP contribution in [0.25, 0.3) is 5.65 Å². The highest BCUT2D eigenvalue weighted by Crippen LogP contribution is 2.38. The Morgan fingerprint density at radius 2 is 2.24 bits per heavy atom. The molecule has 1 N–H and O–H groups in total. The molecule has 1 unspecified atom stereocenters. The third kappa shape index (κ3) is 1.97. The highest BCUT2D eigenvalue weighted by molar-refractivity contribution is 5.50. The fourth-order valence-corrected chi connectivity index (χ4v) is 2.87. The zero-order valence-corrected chi connectivity index (χ0v) is 11.5. The molecule has 0 aliphatic heterocycles. The summed E-state index contributed by atoms with van der Waals surface area (Å²) < 4.78 is 6.85. The Kier molecular flexibility index (Phi) is 2.70. The van der Waals surface area contributed by atoms with Crippen LogP contribution < -0.4 is 10.1 Å². The van der Waals surface area contributed by atoms with E-state index in [1.165, 1.54) is 15.8 Å². The average Bonchev–Trinajstić information content (AvgIpc) is 3.13. The number of hydrogen-bond acceptors (Lipinski definition) is 6. The number of ether oxygens (including phenoxy) is 1. The van der Waals surface area contributed by atoms with E-state index < -0.39 is 0 Å². The molecule has 0 amide bonds. The van der Waals surface area contributed by atoms with Gasteiger partial charge in [-0.05, 0) is 52.6 Å². The first-order chi connectivity index (χ1) is 10.3. The lowest BCUT2D eigenvalue weighted by Crippen LogP contribution is -2.10. The van der Waals surface area contributed by atoms with Gasteiger partial charge < -0.3 is 10.1 Å². The molecular formula is C14H14N6O. The topological polar surface area (TPSA) is 77.2 Å². The van der Waals surface area contributed by atoms with Crippen molar-refractivity contribution in [3.8, 4) is 5.75 Å². The van der Waals surface area contributed by atoms with Crippen molar-refractivity contribution < 1.29 is 4.74 Å². The Balaban J connectivity index is 1.64. The van der Waals surface area contributed by atoms with Crippen LogP contribution in [0.15, 0.2) is 30.3 Å². The SMILES string of the molecule is COc1cccc2c1CCC2Nc1ccc2nnnn2n1. The first-order valence-electron chi connectivity index (χ1n) is 6.83. The predicted molar refractivity (Wildman–Crippen MR) is 76.3 cm³/mol. The van der Waals surface area contributed by atoms with Crippen LogP contribution in [0.4, 0.5) is 5.82 Å². The minimum absolute atomic E-state index is 0.233. The maximum atomic E-state index is 5.43. The summed E-state index contributed by atoms with van der Waals surface area (Å²) >= 11 is 0. The van der Waals surface area contributed by atoms with Gasteiger partial charge in [0.2, 0.25) is 0 Å². The van der Waals surface area contributed by atoms with Gasteiger partial charge in [-0.2, -0.15) is 0 Å². The van der Waals surface area contributed by atoms with Gasteiger partial charge in [0.05, 0.1) is 13.2 Å². The number of nitrogens with one attached hydrogen (secondary N) is 1. The molecule has 1 aliphatic carbocycles. The zero-order chi connectivity index (χ0) is 14.2. The number of methoxy groups -OCH3 is 1. The van der Waals surface area contributed by atoms with E-state index in [2.05, 4.69) is 32.0 Å². The van der Waals surface area contributed by atoms with Crippen molar-refractivity contribution in [2.75, 3.05) is 12.4 Å². The van der Waals surface area contributed by atoms with E-state index >= 15 is 0 Å². The molecule has 106 valence electrons. The average molecular weight is 282 g/mol. The summed E-state index contributed by atoms with van der Waals surface area (Å²) in [6.45, 7) is 0. The minimum Gasteiger partial charge on any atom is -0.496 e. The molecular weight excluding hydrogens is 268 g/mol. The molecule has 0 fully saturated rings. The predicted octanol–water partition coefficient (Wildman–Crippen LogP) is 1.63. The van der Waals surface area contributed by atoms with Crippen LogP contribution >= 0.6 is 0 Å². The molecule has 0 bridgehead atoms. The number of nitrogens with zero attached hydrogens (tertiary/aromatic N) is 5. The van der Waals surface area contributed by atoms with Crippen molar-refractivity contribution in [3.05, 3.63) is 41.5 Å². The highest BCUT2D eigenvalue weighted by Gasteiger charge is 2.25. The van der Waals surface area contributed by atoms with Gasteiger partial charge in [0.15, 0.2) is 5.65 Å². The summed E-state index contributed by atoms with van der Waals surface area (Å²) in [5, 5.41) is 19.0. The fraction of sp³-hybridized carbons (Fsp3) is 0.286. The zero-order valence-electron chi connectivity index (χ0n) is 11.5. The summed E-state index contributed by atoms with van der Waals surface area (Å²) in [6.07, 6.45) is 2.02. The monoisotopic (exact) mass is 282 g/mol. The van der Waals surface area contributed by atoms with Gasteiger partial charge in [-0.1, -0.05) is 12.1 Å². The van der Waals surface area contributed by atoms with E-state index in [-0.39, 0.29) is 6.04 Å². The van der Waals surface area contributed by atoms with E-state index in [1.54, 1.807) is 7.11 Å². The Bertz CT molecular complexity index is 799. The summed E-state index contributed by atoms with van der Waals surface area (Å²) in [6, 6.07) is 10.1. The smallest absolute Gasteiger partial charge is 0.200 e. The first-order valence-corrected chi connectivity index (χ1v) is 6.83. The molecule has 2 heterocycles. The van der Waals surface area contributed by atoms with Gasteiger partial charge in [-0.3, -0.25) is 0 Å². The van der Waals surface area contributed by atoms with E-state index in [1.807, 2.05) is 24.3 Å². The lowest BCUT2D eigenvalue weighted by Gasteiger charge is -2.15. The standard InChI is InChI=1S/C14H14N6O/c1-21-12-4-2-3-9-10(12)5-6-11(9)15-13-7-8-14-16-18-19-20(14)17-13/h2-4,7-8,11H,5-6H2,1H3,(H,15,17). The number of anilines is 1. The Hall–Kier alpha value is -2.70.